The number of rotatable bonds is 6. The number of hydrogen-bond donors (Lipinski definition) is 1. The number of nitrogens with one attached hydrogen (secondary N) is 1. The summed E-state index contributed by atoms with van der Waals surface area (Å²) in [6.45, 7) is 3.20. The molecule has 3 heterocycles. The molecule has 2 aliphatic rings. The maximum absolute atomic E-state index is 12.8. The molecule has 1 aliphatic carbocycles. The van der Waals surface area contributed by atoms with Gasteiger partial charge in [-0.3, -0.25) is 4.79 Å². The molecule has 1 amide bonds. The van der Waals surface area contributed by atoms with E-state index in [4.69, 9.17) is 4.74 Å². The maximum Gasteiger partial charge on any atom is 0.238 e. The van der Waals surface area contributed by atoms with Gasteiger partial charge in [0.25, 0.3) is 0 Å². The van der Waals surface area contributed by atoms with E-state index in [-0.39, 0.29) is 12.0 Å². The Morgan fingerprint density at radius 2 is 2.28 bits per heavy atom. The Labute approximate surface area is 178 Å². The molecule has 0 spiro atoms. The number of thioether (sulfide) groups is 1. The first kappa shape index (κ1) is 20.3. The van der Waals surface area contributed by atoms with E-state index in [1.165, 1.54) is 23.1 Å². The molecule has 154 valence electrons. The summed E-state index contributed by atoms with van der Waals surface area (Å²) >= 11 is 2.87. The van der Waals surface area contributed by atoms with Crippen LogP contribution in [0.15, 0.2) is 5.16 Å². The van der Waals surface area contributed by atoms with Gasteiger partial charge in [0.05, 0.1) is 23.5 Å². The molecule has 0 saturated carbocycles. The zero-order valence-corrected chi connectivity index (χ0v) is 18.0. The van der Waals surface area contributed by atoms with E-state index < -0.39 is 5.25 Å². The van der Waals surface area contributed by atoms with Crippen LogP contribution in [0.5, 0.6) is 0 Å². The quantitative estimate of drug-likeness (QED) is 0.552. The number of tetrazole rings is 1. The number of nitriles is 1. The average molecular weight is 433 g/mol. The standard InChI is InChI=1S/C19H24N6O2S2/c1-12(28-19-22-23-24-25(19)11-13-6-5-9-27-13)17(26)21-18-15(10-20)14-7-3-2-4-8-16(14)29-18/h12-13H,2-9,11H2,1H3,(H,21,26)/t12-,13-/m1/s1. The fourth-order valence-electron chi connectivity index (χ4n) is 3.75. The third kappa shape index (κ3) is 4.63. The van der Waals surface area contributed by atoms with E-state index in [0.717, 1.165) is 50.7 Å². The lowest BCUT2D eigenvalue weighted by Gasteiger charge is -2.13. The van der Waals surface area contributed by atoms with E-state index in [2.05, 4.69) is 26.9 Å². The molecule has 1 aliphatic heterocycles. The number of nitrogens with zero attached hydrogens (tertiary/aromatic N) is 5. The Balaban J connectivity index is 1.42. The second-order valence-corrected chi connectivity index (χ2v) is 9.82. The molecule has 1 saturated heterocycles. The Morgan fingerprint density at radius 1 is 1.41 bits per heavy atom. The summed E-state index contributed by atoms with van der Waals surface area (Å²) in [5, 5.41) is 25.4. The lowest BCUT2D eigenvalue weighted by atomic mass is 10.1. The molecule has 0 bridgehead atoms. The van der Waals surface area contributed by atoms with Crippen LogP contribution in [0.25, 0.3) is 0 Å². The summed E-state index contributed by atoms with van der Waals surface area (Å²) in [4.78, 5) is 14.1. The van der Waals surface area contributed by atoms with Crippen molar-refractivity contribution in [2.75, 3.05) is 11.9 Å². The van der Waals surface area contributed by atoms with Gasteiger partial charge >= 0.3 is 0 Å². The Hall–Kier alpha value is -1.96. The van der Waals surface area contributed by atoms with E-state index in [1.54, 1.807) is 16.0 Å². The first-order chi connectivity index (χ1) is 14.2. The third-order valence-corrected chi connectivity index (χ3v) is 7.60. The van der Waals surface area contributed by atoms with Gasteiger partial charge in [-0.1, -0.05) is 18.2 Å². The second kappa shape index (κ2) is 9.24. The van der Waals surface area contributed by atoms with Crippen molar-refractivity contribution in [3.05, 3.63) is 16.0 Å². The zero-order valence-electron chi connectivity index (χ0n) is 16.4. The van der Waals surface area contributed by atoms with Crippen molar-refractivity contribution in [2.45, 2.75) is 74.9 Å². The molecule has 2 aromatic heterocycles. The highest BCUT2D eigenvalue weighted by molar-refractivity contribution is 8.00. The topological polar surface area (TPSA) is 106 Å². The molecular formula is C19H24N6O2S2. The van der Waals surface area contributed by atoms with Gasteiger partial charge in [-0.05, 0) is 61.4 Å². The Morgan fingerprint density at radius 3 is 3.07 bits per heavy atom. The highest BCUT2D eigenvalue weighted by Crippen LogP contribution is 2.37. The highest BCUT2D eigenvalue weighted by Gasteiger charge is 2.25. The minimum Gasteiger partial charge on any atom is -0.376 e. The SMILES string of the molecule is C[C@@H](Sc1nnnn1C[C@H]1CCCO1)C(=O)Nc1sc2c(c1C#N)CCCCC2. The first-order valence-electron chi connectivity index (χ1n) is 10.1. The normalized spacial score (nSPS) is 19.9. The predicted molar refractivity (Wildman–Crippen MR) is 111 cm³/mol. The summed E-state index contributed by atoms with van der Waals surface area (Å²) in [6.07, 6.45) is 7.54. The van der Waals surface area contributed by atoms with Crippen LogP contribution in [0.2, 0.25) is 0 Å². The molecule has 0 radical (unpaired) electrons. The molecule has 8 nitrogen and oxygen atoms in total. The fourth-order valence-corrected chi connectivity index (χ4v) is 5.79. The number of aromatic nitrogens is 4. The van der Waals surface area contributed by atoms with Gasteiger partial charge in [-0.25, -0.2) is 4.68 Å². The first-order valence-corrected chi connectivity index (χ1v) is 11.7. The Kier molecular flexibility index (Phi) is 6.47. The predicted octanol–water partition coefficient (Wildman–Crippen LogP) is 3.17. The maximum atomic E-state index is 12.8. The summed E-state index contributed by atoms with van der Waals surface area (Å²) in [5.74, 6) is -0.144. The van der Waals surface area contributed by atoms with Crippen LogP contribution in [0.1, 0.15) is 55.0 Å². The van der Waals surface area contributed by atoms with Gasteiger partial charge in [0.2, 0.25) is 11.1 Å². The molecule has 1 N–H and O–H groups in total. The minimum atomic E-state index is -0.391. The van der Waals surface area contributed by atoms with Crippen molar-refractivity contribution in [3.8, 4) is 6.07 Å². The lowest BCUT2D eigenvalue weighted by Crippen LogP contribution is -2.23. The van der Waals surface area contributed by atoms with Gasteiger partial charge in [-0.15, -0.1) is 16.4 Å². The van der Waals surface area contributed by atoms with Crippen LogP contribution in [-0.2, 0) is 28.9 Å². The summed E-state index contributed by atoms with van der Waals surface area (Å²) in [5.41, 5.74) is 1.77. The van der Waals surface area contributed by atoms with Gasteiger partial charge in [-0.2, -0.15) is 5.26 Å². The largest absolute Gasteiger partial charge is 0.376 e. The van der Waals surface area contributed by atoms with Gasteiger partial charge < -0.3 is 10.1 Å². The molecule has 2 aromatic rings. The van der Waals surface area contributed by atoms with Crippen LogP contribution in [0.3, 0.4) is 0 Å². The molecule has 0 aromatic carbocycles. The number of hydrogen-bond acceptors (Lipinski definition) is 8. The number of carbonyl (C=O) groups excluding carboxylic acids is 1. The molecule has 0 unspecified atom stereocenters. The number of aryl methyl sites for hydroxylation is 1. The van der Waals surface area contributed by atoms with Crippen molar-refractivity contribution in [1.29, 1.82) is 5.26 Å². The summed E-state index contributed by atoms with van der Waals surface area (Å²) < 4.78 is 7.36. The number of fused-ring (bicyclic) bond motifs is 1. The van der Waals surface area contributed by atoms with Gasteiger partial charge in [0, 0.05) is 11.5 Å². The smallest absolute Gasteiger partial charge is 0.238 e. The Bertz CT molecular complexity index is 912. The van der Waals surface area contributed by atoms with Crippen LogP contribution in [-0.4, -0.2) is 44.1 Å². The molecule has 4 rings (SSSR count). The average Bonchev–Trinajstić information content (AvgIpc) is 3.41. The summed E-state index contributed by atoms with van der Waals surface area (Å²) in [7, 11) is 0. The van der Waals surface area contributed by atoms with Crippen LogP contribution < -0.4 is 5.32 Å². The summed E-state index contributed by atoms with van der Waals surface area (Å²) in [6, 6.07) is 2.31. The number of amides is 1. The van der Waals surface area contributed by atoms with Crippen LogP contribution in [0.4, 0.5) is 5.00 Å². The monoisotopic (exact) mass is 432 g/mol. The fraction of sp³-hybridized carbons (Fsp3) is 0.632. The van der Waals surface area contributed by atoms with E-state index >= 15 is 0 Å². The molecule has 1 fully saturated rings. The van der Waals surface area contributed by atoms with Crippen LogP contribution in [0, 0.1) is 11.3 Å². The van der Waals surface area contributed by atoms with Crippen molar-refractivity contribution in [1.82, 2.24) is 20.2 Å². The van der Waals surface area contributed by atoms with Gasteiger partial charge in [0.1, 0.15) is 11.1 Å². The van der Waals surface area contributed by atoms with Crippen LogP contribution >= 0.6 is 23.1 Å². The molecular weight excluding hydrogens is 408 g/mol. The molecule has 29 heavy (non-hydrogen) atoms. The molecule has 2 atom stereocenters. The van der Waals surface area contributed by atoms with E-state index in [1.807, 2.05) is 6.92 Å². The molecule has 10 heteroatoms. The minimum absolute atomic E-state index is 0.127. The lowest BCUT2D eigenvalue weighted by molar-refractivity contribution is -0.115. The van der Waals surface area contributed by atoms with E-state index in [0.29, 0.717) is 22.3 Å². The van der Waals surface area contributed by atoms with Gasteiger partial charge in [0.15, 0.2) is 0 Å². The number of anilines is 1. The van der Waals surface area contributed by atoms with Crippen molar-refractivity contribution >= 4 is 34.0 Å². The van der Waals surface area contributed by atoms with Crippen molar-refractivity contribution in [2.24, 2.45) is 0 Å². The third-order valence-electron chi connectivity index (χ3n) is 5.32. The van der Waals surface area contributed by atoms with Crippen molar-refractivity contribution < 1.29 is 9.53 Å². The number of carbonyl (C=O) groups is 1. The number of thiophene rings is 1. The van der Waals surface area contributed by atoms with E-state index in [9.17, 15) is 10.1 Å². The van der Waals surface area contributed by atoms with Crippen molar-refractivity contribution in [3.63, 3.8) is 0 Å². The second-order valence-electron chi connectivity index (χ2n) is 7.41. The zero-order chi connectivity index (χ0) is 20.2. The highest BCUT2D eigenvalue weighted by atomic mass is 32.2. The number of ether oxygens (including phenoxy) is 1.